The number of thioether (sulfide) groups is 1. The first-order valence-electron chi connectivity index (χ1n) is 10.1. The molecule has 1 heterocycles. The quantitative estimate of drug-likeness (QED) is 0.632. The summed E-state index contributed by atoms with van der Waals surface area (Å²) >= 11 is 1.78. The van der Waals surface area contributed by atoms with Gasteiger partial charge in [0, 0.05) is 56.3 Å². The van der Waals surface area contributed by atoms with Crippen LogP contribution in [0.25, 0.3) is 0 Å². The van der Waals surface area contributed by atoms with Crippen molar-refractivity contribution in [2.45, 2.75) is 30.4 Å². The second kappa shape index (κ2) is 10.9. The van der Waals surface area contributed by atoms with Crippen molar-refractivity contribution in [1.82, 2.24) is 9.80 Å². The van der Waals surface area contributed by atoms with Crippen LogP contribution in [-0.2, 0) is 13.1 Å². The minimum absolute atomic E-state index is 0.207. The normalized spacial score (nSPS) is 18.0. The molecule has 1 atom stereocenters. The number of benzene rings is 2. The van der Waals surface area contributed by atoms with Crippen LogP contribution in [-0.4, -0.2) is 67.7 Å². The number of hydrogen-bond donors (Lipinski definition) is 1. The van der Waals surface area contributed by atoms with Crippen LogP contribution < -0.4 is 9.47 Å². The van der Waals surface area contributed by atoms with E-state index in [1.165, 1.54) is 16.0 Å². The van der Waals surface area contributed by atoms with Gasteiger partial charge in [0.2, 0.25) is 0 Å². The fourth-order valence-corrected chi connectivity index (χ4v) is 4.44. The molecule has 2 aromatic carbocycles. The van der Waals surface area contributed by atoms with E-state index < -0.39 is 0 Å². The minimum atomic E-state index is 0.207. The molecule has 3 rings (SSSR count). The second-order valence-corrected chi connectivity index (χ2v) is 8.32. The lowest BCUT2D eigenvalue weighted by atomic mass is 10.1. The molecule has 1 saturated heterocycles. The number of rotatable bonds is 9. The average molecular weight is 417 g/mol. The Morgan fingerprint density at radius 3 is 2.41 bits per heavy atom. The van der Waals surface area contributed by atoms with E-state index in [1.54, 1.807) is 26.0 Å². The van der Waals surface area contributed by atoms with Crippen LogP contribution >= 0.6 is 11.8 Å². The van der Waals surface area contributed by atoms with Gasteiger partial charge in [0.1, 0.15) is 11.5 Å². The lowest BCUT2D eigenvalue weighted by Crippen LogP contribution is -2.52. The van der Waals surface area contributed by atoms with Crippen LogP contribution in [0.4, 0.5) is 0 Å². The Bertz CT molecular complexity index is 764. The SMILES string of the molecule is COc1cc(CN2CCN(Cc3cccc(SC)c3)C[C@H]2CCO)cc(OC)c1. The van der Waals surface area contributed by atoms with Gasteiger partial charge in [-0.05, 0) is 48.1 Å². The maximum atomic E-state index is 9.62. The fraction of sp³-hybridized carbons (Fsp3) is 0.478. The van der Waals surface area contributed by atoms with Crippen molar-refractivity contribution in [2.75, 3.05) is 46.7 Å². The van der Waals surface area contributed by atoms with E-state index >= 15 is 0 Å². The molecule has 0 amide bonds. The van der Waals surface area contributed by atoms with Crippen molar-refractivity contribution < 1.29 is 14.6 Å². The Labute approximate surface area is 178 Å². The average Bonchev–Trinajstić information content (AvgIpc) is 2.75. The monoisotopic (exact) mass is 416 g/mol. The maximum Gasteiger partial charge on any atom is 0.122 e. The Morgan fingerprint density at radius 1 is 1.00 bits per heavy atom. The van der Waals surface area contributed by atoms with E-state index in [0.717, 1.165) is 50.6 Å². The fourth-order valence-electron chi connectivity index (χ4n) is 3.95. The van der Waals surface area contributed by atoms with Crippen molar-refractivity contribution in [3.63, 3.8) is 0 Å². The largest absolute Gasteiger partial charge is 0.497 e. The molecule has 0 bridgehead atoms. The van der Waals surface area contributed by atoms with Crippen molar-refractivity contribution in [2.24, 2.45) is 0 Å². The standard InChI is InChI=1S/C23H32N2O3S/c1-27-21-11-19(12-22(14-21)28-2)16-25-9-8-24(17-20(25)7-10-26)15-18-5-4-6-23(13-18)29-3/h4-6,11-14,20,26H,7-10,15-17H2,1-3H3/t20-/m1/s1. The predicted molar refractivity (Wildman–Crippen MR) is 119 cm³/mol. The van der Waals surface area contributed by atoms with E-state index in [-0.39, 0.29) is 6.61 Å². The van der Waals surface area contributed by atoms with Gasteiger partial charge in [-0.3, -0.25) is 9.80 Å². The summed E-state index contributed by atoms with van der Waals surface area (Å²) in [6.07, 6.45) is 2.89. The summed E-state index contributed by atoms with van der Waals surface area (Å²) in [5, 5.41) is 9.62. The highest BCUT2D eigenvalue weighted by atomic mass is 32.2. The number of aliphatic hydroxyl groups is 1. The zero-order chi connectivity index (χ0) is 20.6. The van der Waals surface area contributed by atoms with Crippen molar-refractivity contribution in [1.29, 1.82) is 0 Å². The van der Waals surface area contributed by atoms with Gasteiger partial charge in [0.15, 0.2) is 0 Å². The molecule has 1 fully saturated rings. The van der Waals surface area contributed by atoms with Crippen molar-refractivity contribution >= 4 is 11.8 Å². The molecular weight excluding hydrogens is 384 g/mol. The first-order valence-corrected chi connectivity index (χ1v) is 11.3. The van der Waals surface area contributed by atoms with Gasteiger partial charge >= 0.3 is 0 Å². The van der Waals surface area contributed by atoms with Crippen LogP contribution in [0.3, 0.4) is 0 Å². The van der Waals surface area contributed by atoms with E-state index in [0.29, 0.717) is 6.04 Å². The first-order chi connectivity index (χ1) is 14.1. The number of ether oxygens (including phenoxy) is 2. The molecule has 0 spiro atoms. The molecule has 0 aliphatic carbocycles. The summed E-state index contributed by atoms with van der Waals surface area (Å²) in [5.41, 5.74) is 2.52. The van der Waals surface area contributed by atoms with Gasteiger partial charge in [-0.25, -0.2) is 0 Å². The number of piperazine rings is 1. The van der Waals surface area contributed by atoms with Crippen LogP contribution in [0.2, 0.25) is 0 Å². The summed E-state index contributed by atoms with van der Waals surface area (Å²) in [4.78, 5) is 6.28. The molecule has 2 aromatic rings. The van der Waals surface area contributed by atoms with Crippen molar-refractivity contribution in [3.8, 4) is 11.5 Å². The second-order valence-electron chi connectivity index (χ2n) is 7.44. The zero-order valence-electron chi connectivity index (χ0n) is 17.6. The summed E-state index contributed by atoms with van der Waals surface area (Å²) in [6.45, 7) is 4.95. The van der Waals surface area contributed by atoms with Gasteiger partial charge in [-0.15, -0.1) is 11.8 Å². The maximum absolute atomic E-state index is 9.62. The van der Waals surface area contributed by atoms with Gasteiger partial charge < -0.3 is 14.6 Å². The van der Waals surface area contributed by atoms with E-state index in [9.17, 15) is 5.11 Å². The van der Waals surface area contributed by atoms with Crippen molar-refractivity contribution in [3.05, 3.63) is 53.6 Å². The van der Waals surface area contributed by atoms with Gasteiger partial charge in [0.25, 0.3) is 0 Å². The van der Waals surface area contributed by atoms with Gasteiger partial charge in [-0.1, -0.05) is 12.1 Å². The lowest BCUT2D eigenvalue weighted by Gasteiger charge is -2.41. The zero-order valence-corrected chi connectivity index (χ0v) is 18.5. The third kappa shape index (κ3) is 6.12. The Morgan fingerprint density at radius 2 is 1.76 bits per heavy atom. The Hall–Kier alpha value is -1.73. The molecule has 1 aliphatic heterocycles. The molecule has 6 heteroatoms. The molecule has 0 unspecified atom stereocenters. The Kier molecular flexibility index (Phi) is 8.24. The lowest BCUT2D eigenvalue weighted by molar-refractivity contribution is 0.0499. The highest BCUT2D eigenvalue weighted by Gasteiger charge is 2.27. The summed E-state index contributed by atoms with van der Waals surface area (Å²) in [6, 6.07) is 15.1. The van der Waals surface area contributed by atoms with E-state index in [1.807, 2.05) is 6.07 Å². The Balaban J connectivity index is 1.67. The molecule has 29 heavy (non-hydrogen) atoms. The summed E-state index contributed by atoms with van der Waals surface area (Å²) in [5.74, 6) is 1.62. The highest BCUT2D eigenvalue weighted by molar-refractivity contribution is 7.98. The molecule has 1 aliphatic rings. The first kappa shape index (κ1) is 22.0. The molecule has 0 aromatic heterocycles. The number of aliphatic hydroxyl groups excluding tert-OH is 1. The minimum Gasteiger partial charge on any atom is -0.497 e. The molecule has 0 radical (unpaired) electrons. The van der Waals surface area contributed by atoms with E-state index in [4.69, 9.17) is 9.47 Å². The highest BCUT2D eigenvalue weighted by Crippen LogP contribution is 2.26. The third-order valence-electron chi connectivity index (χ3n) is 5.49. The van der Waals surface area contributed by atoms with Gasteiger partial charge in [-0.2, -0.15) is 0 Å². The number of hydrogen-bond acceptors (Lipinski definition) is 6. The molecule has 158 valence electrons. The summed E-state index contributed by atoms with van der Waals surface area (Å²) < 4.78 is 10.8. The van der Waals surface area contributed by atoms with Crippen LogP contribution in [0.1, 0.15) is 17.5 Å². The predicted octanol–water partition coefficient (Wildman–Crippen LogP) is 3.49. The van der Waals surface area contributed by atoms with Gasteiger partial charge in [0.05, 0.1) is 14.2 Å². The molecule has 5 nitrogen and oxygen atoms in total. The molecular formula is C23H32N2O3S. The summed E-state index contributed by atoms with van der Waals surface area (Å²) in [7, 11) is 3.36. The number of nitrogens with zero attached hydrogens (tertiary/aromatic N) is 2. The van der Waals surface area contributed by atoms with Crippen LogP contribution in [0, 0.1) is 0 Å². The molecule has 1 N–H and O–H groups in total. The van der Waals surface area contributed by atoms with E-state index in [2.05, 4.69) is 52.5 Å². The van der Waals surface area contributed by atoms with Crippen LogP contribution in [0.5, 0.6) is 11.5 Å². The number of methoxy groups -OCH3 is 2. The smallest absolute Gasteiger partial charge is 0.122 e. The topological polar surface area (TPSA) is 45.2 Å². The van der Waals surface area contributed by atoms with Crippen LogP contribution in [0.15, 0.2) is 47.4 Å². The molecule has 0 saturated carbocycles. The third-order valence-corrected chi connectivity index (χ3v) is 6.21.